The van der Waals surface area contributed by atoms with Crippen LogP contribution < -0.4 is 4.74 Å². The van der Waals surface area contributed by atoms with Crippen LogP contribution in [0.4, 0.5) is 4.39 Å². The average molecular weight is 350 g/mol. The van der Waals surface area contributed by atoms with Crippen LogP contribution in [0.15, 0.2) is 46.9 Å². The van der Waals surface area contributed by atoms with Crippen molar-refractivity contribution in [2.45, 2.75) is 6.54 Å². The molecule has 1 aliphatic rings. The number of hydrogen-bond donors (Lipinski definition) is 0. The zero-order chi connectivity index (χ0) is 14.8. The van der Waals surface area contributed by atoms with E-state index in [4.69, 9.17) is 4.74 Å². The van der Waals surface area contributed by atoms with E-state index in [0.717, 1.165) is 5.56 Å². The first-order valence-electron chi connectivity index (χ1n) is 6.61. The third kappa shape index (κ3) is 2.78. The number of ether oxygens (including phenoxy) is 1. The summed E-state index contributed by atoms with van der Waals surface area (Å²) in [7, 11) is 0. The fourth-order valence-corrected chi connectivity index (χ4v) is 2.79. The number of amides is 1. The molecule has 0 saturated carbocycles. The van der Waals surface area contributed by atoms with Gasteiger partial charge in [0, 0.05) is 6.54 Å². The lowest BCUT2D eigenvalue weighted by molar-refractivity contribution is 0.0739. The third-order valence-corrected chi connectivity index (χ3v) is 4.01. The smallest absolute Gasteiger partial charge is 0.261 e. The van der Waals surface area contributed by atoms with E-state index in [0.29, 0.717) is 24.2 Å². The molecule has 0 aliphatic carbocycles. The number of nitrogens with zero attached hydrogens (tertiary/aromatic N) is 1. The molecule has 3 nitrogen and oxygen atoms in total. The lowest BCUT2D eigenvalue weighted by atomic mass is 10.1. The highest BCUT2D eigenvalue weighted by Gasteiger charge is 2.28. The van der Waals surface area contributed by atoms with E-state index < -0.39 is 5.82 Å². The van der Waals surface area contributed by atoms with Crippen LogP contribution in [0.2, 0.25) is 0 Å². The summed E-state index contributed by atoms with van der Waals surface area (Å²) in [5.41, 5.74) is 1.00. The van der Waals surface area contributed by atoms with Crippen LogP contribution in [0.3, 0.4) is 0 Å². The fourth-order valence-electron chi connectivity index (χ4n) is 2.35. The van der Waals surface area contributed by atoms with E-state index in [1.54, 1.807) is 11.0 Å². The molecule has 3 rings (SSSR count). The minimum Gasteiger partial charge on any atom is -0.490 e. The third-order valence-electron chi connectivity index (χ3n) is 3.38. The second-order valence-corrected chi connectivity index (χ2v) is 5.65. The summed E-state index contributed by atoms with van der Waals surface area (Å²) in [6.45, 7) is 1.20. The molecule has 2 aromatic rings. The molecule has 5 heteroatoms. The molecule has 21 heavy (non-hydrogen) atoms. The molecule has 0 N–H and O–H groups in total. The Bertz CT molecular complexity index is 675. The van der Waals surface area contributed by atoms with Gasteiger partial charge < -0.3 is 9.64 Å². The molecule has 1 amide bonds. The van der Waals surface area contributed by atoms with Gasteiger partial charge >= 0.3 is 0 Å². The van der Waals surface area contributed by atoms with Crippen molar-refractivity contribution in [1.29, 1.82) is 0 Å². The van der Waals surface area contributed by atoms with Gasteiger partial charge in [0.15, 0.2) is 0 Å². The van der Waals surface area contributed by atoms with Crippen molar-refractivity contribution in [3.8, 4) is 5.75 Å². The van der Waals surface area contributed by atoms with Crippen LogP contribution in [0.5, 0.6) is 5.75 Å². The van der Waals surface area contributed by atoms with E-state index in [1.807, 2.05) is 30.3 Å². The molecule has 0 radical (unpaired) electrons. The standard InChI is InChI=1S/C16H13BrFNO2/c17-12-6-7-13(18)14-15(12)21-9-8-19(16(14)20)10-11-4-2-1-3-5-11/h1-7H,8-10H2. The van der Waals surface area contributed by atoms with Gasteiger partial charge in [-0.05, 0) is 33.6 Å². The Hall–Kier alpha value is -1.88. The van der Waals surface area contributed by atoms with Crippen molar-refractivity contribution in [3.05, 3.63) is 63.9 Å². The van der Waals surface area contributed by atoms with Crippen molar-refractivity contribution in [3.63, 3.8) is 0 Å². The van der Waals surface area contributed by atoms with Crippen molar-refractivity contribution in [2.75, 3.05) is 13.2 Å². The van der Waals surface area contributed by atoms with Crippen molar-refractivity contribution < 1.29 is 13.9 Å². The van der Waals surface area contributed by atoms with Crippen LogP contribution in [-0.4, -0.2) is 24.0 Å². The van der Waals surface area contributed by atoms with Gasteiger partial charge in [0.1, 0.15) is 23.7 Å². The van der Waals surface area contributed by atoms with E-state index >= 15 is 0 Å². The Morgan fingerprint density at radius 1 is 1.19 bits per heavy atom. The number of fused-ring (bicyclic) bond motifs is 1. The van der Waals surface area contributed by atoms with Gasteiger partial charge in [-0.2, -0.15) is 0 Å². The van der Waals surface area contributed by atoms with Crippen LogP contribution in [0, 0.1) is 5.82 Å². The number of rotatable bonds is 2. The van der Waals surface area contributed by atoms with Crippen LogP contribution >= 0.6 is 15.9 Å². The maximum atomic E-state index is 14.0. The summed E-state index contributed by atoms with van der Waals surface area (Å²) in [5.74, 6) is -0.612. The zero-order valence-corrected chi connectivity index (χ0v) is 12.8. The molecule has 1 aliphatic heterocycles. The number of carbonyl (C=O) groups is 1. The minimum atomic E-state index is -0.557. The summed E-state index contributed by atoms with van der Waals surface area (Å²) < 4.78 is 20.2. The average Bonchev–Trinajstić information content (AvgIpc) is 2.65. The Labute approximate surface area is 130 Å². The maximum absolute atomic E-state index is 14.0. The highest BCUT2D eigenvalue weighted by atomic mass is 79.9. The highest BCUT2D eigenvalue weighted by molar-refractivity contribution is 9.10. The molecule has 0 bridgehead atoms. The van der Waals surface area contributed by atoms with E-state index in [2.05, 4.69) is 15.9 Å². The van der Waals surface area contributed by atoms with Crippen LogP contribution in [0.1, 0.15) is 15.9 Å². The summed E-state index contributed by atoms with van der Waals surface area (Å²) in [4.78, 5) is 14.2. The first-order valence-corrected chi connectivity index (χ1v) is 7.40. The largest absolute Gasteiger partial charge is 0.490 e. The highest BCUT2D eigenvalue weighted by Crippen LogP contribution is 2.33. The van der Waals surface area contributed by atoms with Gasteiger partial charge in [0.2, 0.25) is 0 Å². The van der Waals surface area contributed by atoms with Gasteiger partial charge in [0.25, 0.3) is 5.91 Å². The monoisotopic (exact) mass is 349 g/mol. The quantitative estimate of drug-likeness (QED) is 0.828. The molecule has 0 fully saturated rings. The lowest BCUT2D eigenvalue weighted by Gasteiger charge is -2.20. The van der Waals surface area contributed by atoms with Crippen molar-refractivity contribution in [2.24, 2.45) is 0 Å². The molecular weight excluding hydrogens is 337 g/mol. The van der Waals surface area contributed by atoms with Gasteiger partial charge in [0.05, 0.1) is 11.0 Å². The predicted octanol–water partition coefficient (Wildman–Crippen LogP) is 3.62. The molecule has 2 aromatic carbocycles. The second kappa shape index (κ2) is 5.85. The number of halogens is 2. The zero-order valence-electron chi connectivity index (χ0n) is 11.2. The molecule has 0 spiro atoms. The van der Waals surface area contributed by atoms with Crippen LogP contribution in [0.25, 0.3) is 0 Å². The Morgan fingerprint density at radius 2 is 1.95 bits per heavy atom. The summed E-state index contributed by atoms with van der Waals surface area (Å²) >= 11 is 3.30. The van der Waals surface area contributed by atoms with E-state index in [-0.39, 0.29) is 17.2 Å². The van der Waals surface area contributed by atoms with E-state index in [9.17, 15) is 9.18 Å². The van der Waals surface area contributed by atoms with Gasteiger partial charge in [-0.15, -0.1) is 0 Å². The molecule has 0 saturated heterocycles. The van der Waals surface area contributed by atoms with E-state index in [1.165, 1.54) is 6.07 Å². The molecule has 0 atom stereocenters. The number of benzene rings is 2. The molecule has 0 aromatic heterocycles. The summed E-state index contributed by atoms with van der Waals surface area (Å²) in [6, 6.07) is 12.5. The Balaban J connectivity index is 1.95. The topological polar surface area (TPSA) is 29.5 Å². The molecule has 1 heterocycles. The Kier molecular flexibility index (Phi) is 3.92. The summed E-state index contributed by atoms with van der Waals surface area (Å²) in [6.07, 6.45) is 0. The SMILES string of the molecule is O=C1c2c(F)ccc(Br)c2OCCN1Cc1ccccc1. The van der Waals surface area contributed by atoms with Gasteiger partial charge in [-0.25, -0.2) is 4.39 Å². The first kappa shape index (κ1) is 14.1. The van der Waals surface area contributed by atoms with Gasteiger partial charge in [-0.1, -0.05) is 30.3 Å². The predicted molar refractivity (Wildman–Crippen MR) is 80.8 cm³/mol. The lowest BCUT2D eigenvalue weighted by Crippen LogP contribution is -2.32. The van der Waals surface area contributed by atoms with Gasteiger partial charge in [-0.3, -0.25) is 4.79 Å². The fraction of sp³-hybridized carbons (Fsp3) is 0.188. The van der Waals surface area contributed by atoms with Crippen LogP contribution in [-0.2, 0) is 6.54 Å². The maximum Gasteiger partial charge on any atom is 0.261 e. The van der Waals surface area contributed by atoms with Crippen molar-refractivity contribution >= 4 is 21.8 Å². The molecule has 108 valence electrons. The number of carbonyl (C=O) groups excluding carboxylic acids is 1. The summed E-state index contributed by atoms with van der Waals surface area (Å²) in [5, 5.41) is 0. The molecular formula is C16H13BrFNO2. The minimum absolute atomic E-state index is 0.00203. The molecule has 0 unspecified atom stereocenters. The Morgan fingerprint density at radius 3 is 2.71 bits per heavy atom. The first-order chi connectivity index (χ1) is 10.2. The second-order valence-electron chi connectivity index (χ2n) is 4.79. The number of hydrogen-bond acceptors (Lipinski definition) is 2. The van der Waals surface area contributed by atoms with Crippen molar-refractivity contribution in [1.82, 2.24) is 4.90 Å². The normalized spacial score (nSPS) is 14.4.